The van der Waals surface area contributed by atoms with Gasteiger partial charge in [0.2, 0.25) is 5.95 Å². The van der Waals surface area contributed by atoms with Gasteiger partial charge in [0.05, 0.1) is 27.7 Å². The van der Waals surface area contributed by atoms with Crippen LogP contribution in [0.4, 0.5) is 11.6 Å². The Hall–Kier alpha value is -2.21. The predicted octanol–water partition coefficient (Wildman–Crippen LogP) is 3.09. The number of halogens is 1. The molecule has 1 aromatic heterocycles. The van der Waals surface area contributed by atoms with Crippen molar-refractivity contribution in [2.24, 2.45) is 0 Å². The topological polar surface area (TPSA) is 88.0 Å². The first-order valence-electron chi connectivity index (χ1n) is 6.57. The lowest BCUT2D eigenvalue weighted by Gasteiger charge is -2.09. The van der Waals surface area contributed by atoms with Crippen LogP contribution in [0.3, 0.4) is 0 Å². The second-order valence-corrected chi connectivity index (χ2v) is 4.77. The van der Waals surface area contributed by atoms with Crippen LogP contribution in [0.15, 0.2) is 18.2 Å². The average Bonchev–Trinajstić information content (AvgIpc) is 2.48. The third-order valence-corrected chi connectivity index (χ3v) is 3.28. The van der Waals surface area contributed by atoms with Gasteiger partial charge in [-0.1, -0.05) is 25.4 Å². The van der Waals surface area contributed by atoms with Crippen LogP contribution in [0.1, 0.15) is 35.6 Å². The zero-order chi connectivity index (χ0) is 15.4. The van der Waals surface area contributed by atoms with Gasteiger partial charge >= 0.3 is 5.97 Å². The van der Waals surface area contributed by atoms with Crippen molar-refractivity contribution in [1.82, 2.24) is 15.2 Å². The summed E-state index contributed by atoms with van der Waals surface area (Å²) in [4.78, 5) is 15.3. The number of nitrogens with zero attached hydrogens (tertiary/aromatic N) is 3. The van der Waals surface area contributed by atoms with Gasteiger partial charge in [0.15, 0.2) is 0 Å². The van der Waals surface area contributed by atoms with E-state index in [9.17, 15) is 4.79 Å². The van der Waals surface area contributed by atoms with Crippen LogP contribution < -0.4 is 5.32 Å². The lowest BCUT2D eigenvalue weighted by atomic mass is 10.2. The van der Waals surface area contributed by atoms with E-state index in [0.717, 1.165) is 24.2 Å². The summed E-state index contributed by atoms with van der Waals surface area (Å²) >= 11 is 6.05. The standard InChI is InChI=1S/C14H15ClN4O2/c1-3-10-11(4-2)18-19-14(16-10)17-12-6-5-8(13(20)21)7-9(12)15/h5-7H,3-4H2,1-2H3,(H,20,21)(H,16,17,19). The summed E-state index contributed by atoms with van der Waals surface area (Å²) < 4.78 is 0. The number of rotatable bonds is 5. The maximum Gasteiger partial charge on any atom is 0.335 e. The fourth-order valence-corrected chi connectivity index (χ4v) is 2.09. The van der Waals surface area contributed by atoms with E-state index in [1.165, 1.54) is 12.1 Å². The minimum Gasteiger partial charge on any atom is -0.478 e. The number of aromatic carboxylic acids is 1. The van der Waals surface area contributed by atoms with Crippen LogP contribution in [-0.4, -0.2) is 26.3 Å². The number of nitrogens with one attached hydrogen (secondary N) is 1. The first kappa shape index (κ1) is 15.2. The van der Waals surface area contributed by atoms with E-state index in [-0.39, 0.29) is 10.6 Å². The van der Waals surface area contributed by atoms with E-state index in [0.29, 0.717) is 11.6 Å². The number of aryl methyl sites for hydroxylation is 2. The van der Waals surface area contributed by atoms with Crippen molar-refractivity contribution in [3.8, 4) is 0 Å². The Morgan fingerprint density at radius 1 is 1.24 bits per heavy atom. The fraction of sp³-hybridized carbons (Fsp3) is 0.286. The molecule has 0 spiro atoms. The van der Waals surface area contributed by atoms with E-state index in [2.05, 4.69) is 20.5 Å². The number of hydrogen-bond donors (Lipinski definition) is 2. The van der Waals surface area contributed by atoms with Gasteiger partial charge in [-0.3, -0.25) is 0 Å². The molecule has 0 aliphatic carbocycles. The highest BCUT2D eigenvalue weighted by Crippen LogP contribution is 2.25. The molecule has 1 heterocycles. The summed E-state index contributed by atoms with van der Waals surface area (Å²) in [5.74, 6) is -0.684. The molecule has 2 N–H and O–H groups in total. The monoisotopic (exact) mass is 306 g/mol. The molecule has 0 aliphatic rings. The summed E-state index contributed by atoms with van der Waals surface area (Å²) in [5.41, 5.74) is 2.42. The highest BCUT2D eigenvalue weighted by molar-refractivity contribution is 6.33. The number of hydrogen-bond acceptors (Lipinski definition) is 5. The molecule has 21 heavy (non-hydrogen) atoms. The second kappa shape index (κ2) is 6.49. The van der Waals surface area contributed by atoms with Crippen molar-refractivity contribution in [3.63, 3.8) is 0 Å². The number of carboxylic acid groups (broad SMARTS) is 1. The molecule has 0 aliphatic heterocycles. The highest BCUT2D eigenvalue weighted by atomic mass is 35.5. The Labute approximate surface area is 127 Å². The van der Waals surface area contributed by atoms with Crippen molar-refractivity contribution < 1.29 is 9.90 Å². The van der Waals surface area contributed by atoms with Gasteiger partial charge < -0.3 is 10.4 Å². The quantitative estimate of drug-likeness (QED) is 0.882. The first-order chi connectivity index (χ1) is 10.0. The third-order valence-electron chi connectivity index (χ3n) is 2.97. The zero-order valence-electron chi connectivity index (χ0n) is 11.7. The van der Waals surface area contributed by atoms with Gasteiger partial charge in [0.25, 0.3) is 0 Å². The van der Waals surface area contributed by atoms with E-state index < -0.39 is 5.97 Å². The summed E-state index contributed by atoms with van der Waals surface area (Å²) in [6.45, 7) is 4.00. The van der Waals surface area contributed by atoms with E-state index in [1.807, 2.05) is 13.8 Å². The van der Waals surface area contributed by atoms with Crippen LogP contribution in [0.2, 0.25) is 5.02 Å². The van der Waals surface area contributed by atoms with Crippen LogP contribution in [0, 0.1) is 0 Å². The Bertz CT molecular complexity index is 676. The molecule has 0 radical (unpaired) electrons. The number of benzene rings is 1. The van der Waals surface area contributed by atoms with Crippen LogP contribution >= 0.6 is 11.6 Å². The average molecular weight is 307 g/mol. The van der Waals surface area contributed by atoms with Crippen molar-refractivity contribution in [2.75, 3.05) is 5.32 Å². The minimum atomic E-state index is -1.03. The third kappa shape index (κ3) is 3.46. The molecule has 0 amide bonds. The molecule has 6 nitrogen and oxygen atoms in total. The molecule has 110 valence electrons. The molecule has 0 fully saturated rings. The molecule has 0 unspecified atom stereocenters. The van der Waals surface area contributed by atoms with Gasteiger partial charge in [-0.15, -0.1) is 10.2 Å². The van der Waals surface area contributed by atoms with Crippen LogP contribution in [0.5, 0.6) is 0 Å². The molecule has 2 rings (SSSR count). The zero-order valence-corrected chi connectivity index (χ0v) is 12.5. The maximum atomic E-state index is 10.9. The predicted molar refractivity (Wildman–Crippen MR) is 80.3 cm³/mol. The Morgan fingerprint density at radius 3 is 2.52 bits per heavy atom. The van der Waals surface area contributed by atoms with Gasteiger partial charge in [0.1, 0.15) is 0 Å². The summed E-state index contributed by atoms with van der Waals surface area (Å²) in [5, 5.41) is 20.3. The molecular weight excluding hydrogens is 292 g/mol. The molecule has 2 aromatic rings. The second-order valence-electron chi connectivity index (χ2n) is 4.36. The molecular formula is C14H15ClN4O2. The summed E-state index contributed by atoms with van der Waals surface area (Å²) in [6, 6.07) is 4.42. The first-order valence-corrected chi connectivity index (χ1v) is 6.95. The molecule has 0 bridgehead atoms. The van der Waals surface area contributed by atoms with Gasteiger partial charge in [-0.25, -0.2) is 9.78 Å². The lowest BCUT2D eigenvalue weighted by Crippen LogP contribution is -2.07. The van der Waals surface area contributed by atoms with Crippen LogP contribution in [0.25, 0.3) is 0 Å². The smallest absolute Gasteiger partial charge is 0.335 e. The number of carbonyl (C=O) groups is 1. The van der Waals surface area contributed by atoms with Crippen molar-refractivity contribution in [3.05, 3.63) is 40.2 Å². The molecule has 7 heteroatoms. The fourth-order valence-electron chi connectivity index (χ4n) is 1.86. The van der Waals surface area contributed by atoms with Gasteiger partial charge in [-0.2, -0.15) is 0 Å². The highest BCUT2D eigenvalue weighted by Gasteiger charge is 2.10. The number of aromatic nitrogens is 3. The minimum absolute atomic E-state index is 0.125. The Kier molecular flexibility index (Phi) is 4.70. The lowest BCUT2D eigenvalue weighted by molar-refractivity contribution is 0.0697. The molecule has 1 aromatic carbocycles. The maximum absolute atomic E-state index is 10.9. The van der Waals surface area contributed by atoms with Crippen molar-refractivity contribution >= 4 is 29.2 Å². The van der Waals surface area contributed by atoms with E-state index in [4.69, 9.17) is 16.7 Å². The van der Waals surface area contributed by atoms with Gasteiger partial charge in [-0.05, 0) is 31.0 Å². The van der Waals surface area contributed by atoms with Gasteiger partial charge in [0, 0.05) is 0 Å². The Balaban J connectivity index is 2.28. The van der Waals surface area contributed by atoms with Crippen LogP contribution in [-0.2, 0) is 12.8 Å². The number of carboxylic acids is 1. The molecule has 0 atom stereocenters. The Morgan fingerprint density at radius 2 is 1.95 bits per heavy atom. The SMILES string of the molecule is CCc1nnc(Nc2ccc(C(=O)O)cc2Cl)nc1CC. The molecule has 0 saturated heterocycles. The normalized spacial score (nSPS) is 10.4. The number of anilines is 2. The largest absolute Gasteiger partial charge is 0.478 e. The van der Waals surface area contributed by atoms with Crippen molar-refractivity contribution in [1.29, 1.82) is 0 Å². The summed E-state index contributed by atoms with van der Waals surface area (Å²) in [6.07, 6.45) is 1.54. The van der Waals surface area contributed by atoms with Crippen molar-refractivity contribution in [2.45, 2.75) is 26.7 Å². The van der Waals surface area contributed by atoms with E-state index >= 15 is 0 Å². The van der Waals surface area contributed by atoms with E-state index in [1.54, 1.807) is 6.07 Å². The molecule has 0 saturated carbocycles. The summed E-state index contributed by atoms with van der Waals surface area (Å²) in [7, 11) is 0.